The first kappa shape index (κ1) is 37.8. The molecule has 2 aromatic heterocycles. The molecule has 53 heavy (non-hydrogen) atoms. The predicted octanol–water partition coefficient (Wildman–Crippen LogP) is 3.71. The molecule has 0 radical (unpaired) electrons. The molecule has 0 spiro atoms. The first-order chi connectivity index (χ1) is 25.2. The van der Waals surface area contributed by atoms with Crippen molar-refractivity contribution in [3.05, 3.63) is 87.9 Å². The van der Waals surface area contributed by atoms with Crippen molar-refractivity contribution < 1.29 is 19.5 Å². The third-order valence-electron chi connectivity index (χ3n) is 10.1. The maximum absolute atomic E-state index is 14.1. The van der Waals surface area contributed by atoms with E-state index < -0.39 is 35.0 Å². The molecule has 2 aliphatic heterocycles. The van der Waals surface area contributed by atoms with Gasteiger partial charge in [0.25, 0.3) is 11.5 Å². The number of hydrogen-bond acceptors (Lipinski definition) is 10. The number of aromatic amines is 1. The summed E-state index contributed by atoms with van der Waals surface area (Å²) < 4.78 is 0. The van der Waals surface area contributed by atoms with Gasteiger partial charge in [-0.2, -0.15) is 5.10 Å². The van der Waals surface area contributed by atoms with Gasteiger partial charge in [-0.15, -0.1) is 11.3 Å². The number of amides is 3. The van der Waals surface area contributed by atoms with Crippen molar-refractivity contribution in [1.29, 1.82) is 0 Å². The summed E-state index contributed by atoms with van der Waals surface area (Å²) in [6.45, 7) is 12.4. The summed E-state index contributed by atoms with van der Waals surface area (Å²) in [6, 6.07) is 16.0. The zero-order valence-electron chi connectivity index (χ0n) is 30.9. The minimum Gasteiger partial charge on any atom is -0.369 e. The van der Waals surface area contributed by atoms with Crippen LogP contribution in [0.4, 0.5) is 5.69 Å². The monoisotopic (exact) mass is 740 g/mol. The van der Waals surface area contributed by atoms with Gasteiger partial charge in [0.2, 0.25) is 17.5 Å². The number of anilines is 1. The Morgan fingerprint density at radius 1 is 0.962 bits per heavy atom. The SMILES string of the molecule is Cc1ncsc1-c1ccc([C@H](C)NC(=O)C2(O)CCCN2C(=O)[C@@H](NC(=O)CN2CCN(c3ccc(-c4cn[nH]c(=O)c4)cc3)CC2)C(C)(C)C)cc1. The van der Waals surface area contributed by atoms with Crippen LogP contribution in [0.5, 0.6) is 0 Å². The molecule has 2 saturated heterocycles. The lowest BCUT2D eigenvalue weighted by molar-refractivity contribution is -0.171. The number of benzene rings is 2. The topological polar surface area (TPSA) is 164 Å². The molecule has 2 aromatic carbocycles. The number of aliphatic hydroxyl groups is 1. The second kappa shape index (κ2) is 15.6. The minimum absolute atomic E-state index is 0.0992. The number of carbonyl (C=O) groups is 3. The molecule has 3 atom stereocenters. The fourth-order valence-corrected chi connectivity index (χ4v) is 7.82. The molecule has 0 bridgehead atoms. The van der Waals surface area contributed by atoms with Crippen molar-refractivity contribution in [3.8, 4) is 21.6 Å². The molecule has 1 unspecified atom stereocenters. The molecule has 13 nitrogen and oxygen atoms in total. The van der Waals surface area contributed by atoms with Crippen molar-refractivity contribution in [2.45, 2.75) is 65.3 Å². The molecule has 2 fully saturated rings. The number of piperazine rings is 1. The summed E-state index contributed by atoms with van der Waals surface area (Å²) in [5, 5.41) is 23.9. The molecule has 0 saturated carbocycles. The van der Waals surface area contributed by atoms with Crippen molar-refractivity contribution >= 4 is 34.7 Å². The van der Waals surface area contributed by atoms with Crippen LogP contribution in [0.3, 0.4) is 0 Å². The molecule has 280 valence electrons. The quantitative estimate of drug-likeness (QED) is 0.190. The molecular formula is C39H48N8O5S. The van der Waals surface area contributed by atoms with Crippen LogP contribution in [-0.4, -0.2) is 98.8 Å². The van der Waals surface area contributed by atoms with E-state index in [0.717, 1.165) is 38.5 Å². The summed E-state index contributed by atoms with van der Waals surface area (Å²) in [7, 11) is 0. The molecule has 2 aliphatic rings. The third-order valence-corrected chi connectivity index (χ3v) is 11.1. The zero-order valence-corrected chi connectivity index (χ0v) is 31.7. The lowest BCUT2D eigenvalue weighted by Gasteiger charge is -2.39. The van der Waals surface area contributed by atoms with Gasteiger partial charge in [-0.3, -0.25) is 24.1 Å². The van der Waals surface area contributed by atoms with Gasteiger partial charge in [0.1, 0.15) is 6.04 Å². The van der Waals surface area contributed by atoms with Gasteiger partial charge < -0.3 is 25.5 Å². The average molecular weight is 741 g/mol. The second-order valence-electron chi connectivity index (χ2n) is 15.0. The van der Waals surface area contributed by atoms with Crippen LogP contribution >= 0.6 is 11.3 Å². The van der Waals surface area contributed by atoms with E-state index in [1.807, 2.05) is 88.7 Å². The van der Waals surface area contributed by atoms with Crippen LogP contribution in [0.25, 0.3) is 21.6 Å². The van der Waals surface area contributed by atoms with Crippen molar-refractivity contribution in [3.63, 3.8) is 0 Å². The van der Waals surface area contributed by atoms with Gasteiger partial charge in [0.05, 0.1) is 34.9 Å². The first-order valence-corrected chi connectivity index (χ1v) is 18.9. The van der Waals surface area contributed by atoms with E-state index in [9.17, 15) is 24.3 Å². The summed E-state index contributed by atoms with van der Waals surface area (Å²) in [5.41, 5.74) is 4.39. The highest BCUT2D eigenvalue weighted by molar-refractivity contribution is 7.13. The number of likely N-dealkylation sites (tertiary alicyclic amines) is 1. The largest absolute Gasteiger partial charge is 0.369 e. The van der Waals surface area contributed by atoms with Crippen molar-refractivity contribution in [2.75, 3.05) is 44.2 Å². The van der Waals surface area contributed by atoms with Crippen LogP contribution < -0.4 is 21.1 Å². The highest BCUT2D eigenvalue weighted by Gasteiger charge is 2.51. The lowest BCUT2D eigenvalue weighted by Crippen LogP contribution is -2.64. The highest BCUT2D eigenvalue weighted by atomic mass is 32.1. The van der Waals surface area contributed by atoms with Gasteiger partial charge >= 0.3 is 0 Å². The Balaban J connectivity index is 1.04. The summed E-state index contributed by atoms with van der Waals surface area (Å²) in [6.07, 6.45) is 2.17. The van der Waals surface area contributed by atoms with Gasteiger partial charge in [0.15, 0.2) is 0 Å². The van der Waals surface area contributed by atoms with E-state index >= 15 is 0 Å². The standard InChI is InChI=1S/C39H48N8O5S/c1-25(27-7-9-29(10-8-27)34-26(2)40-24-53-34)42-37(51)39(52)15-6-16-47(39)36(50)35(38(3,4)5)43-33(49)23-45-17-19-46(20-18-45)31-13-11-28(12-14-31)30-21-32(48)44-41-22-30/h7-14,21-22,24-25,35,52H,6,15-20,23H2,1-5H3,(H,42,51)(H,43,49)(H,44,48)/t25-,35+,39?/m0/s1. The molecule has 3 amide bonds. The summed E-state index contributed by atoms with van der Waals surface area (Å²) >= 11 is 1.57. The fourth-order valence-electron chi connectivity index (χ4n) is 7.01. The third kappa shape index (κ3) is 8.50. The number of rotatable bonds is 10. The highest BCUT2D eigenvalue weighted by Crippen LogP contribution is 2.33. The normalized spacial score (nSPS) is 19.1. The number of hydrogen-bond donors (Lipinski definition) is 4. The zero-order chi connectivity index (χ0) is 37.9. The van der Waals surface area contributed by atoms with Crippen LogP contribution in [0.2, 0.25) is 0 Å². The minimum atomic E-state index is -2.04. The van der Waals surface area contributed by atoms with Crippen LogP contribution in [0.1, 0.15) is 57.8 Å². The summed E-state index contributed by atoms with van der Waals surface area (Å²) in [5.74, 6) is -1.42. The van der Waals surface area contributed by atoms with Crippen LogP contribution in [-0.2, 0) is 14.4 Å². The Bertz CT molecular complexity index is 1980. The Hall–Kier alpha value is -4.92. The van der Waals surface area contributed by atoms with Gasteiger partial charge in [-0.05, 0) is 54.5 Å². The molecule has 4 N–H and O–H groups in total. The van der Waals surface area contributed by atoms with E-state index in [0.29, 0.717) is 32.6 Å². The van der Waals surface area contributed by atoms with Crippen molar-refractivity contribution in [1.82, 2.24) is 35.6 Å². The van der Waals surface area contributed by atoms with E-state index in [-0.39, 0.29) is 31.0 Å². The average Bonchev–Trinajstić information content (AvgIpc) is 3.76. The molecule has 4 aromatic rings. The molecule has 14 heteroatoms. The first-order valence-electron chi connectivity index (χ1n) is 18.0. The van der Waals surface area contributed by atoms with E-state index in [1.54, 1.807) is 17.5 Å². The van der Waals surface area contributed by atoms with Crippen molar-refractivity contribution in [2.24, 2.45) is 5.41 Å². The lowest BCUT2D eigenvalue weighted by atomic mass is 9.85. The van der Waals surface area contributed by atoms with E-state index in [2.05, 4.69) is 35.6 Å². The Morgan fingerprint density at radius 2 is 1.64 bits per heavy atom. The van der Waals surface area contributed by atoms with E-state index in [1.165, 1.54) is 11.0 Å². The number of thiazole rings is 1. The number of aromatic nitrogens is 3. The molecule has 0 aliphatic carbocycles. The maximum Gasteiger partial charge on any atom is 0.273 e. The molecular weight excluding hydrogens is 693 g/mol. The van der Waals surface area contributed by atoms with Crippen LogP contribution in [0.15, 0.2) is 71.1 Å². The second-order valence-corrected chi connectivity index (χ2v) is 15.9. The fraction of sp³-hybridized carbons (Fsp3) is 0.436. The number of carbonyl (C=O) groups excluding carboxylic acids is 3. The maximum atomic E-state index is 14.1. The van der Waals surface area contributed by atoms with Crippen LogP contribution in [0, 0.1) is 12.3 Å². The Labute approximate surface area is 313 Å². The van der Waals surface area contributed by atoms with Gasteiger partial charge in [-0.25, -0.2) is 10.1 Å². The smallest absolute Gasteiger partial charge is 0.273 e. The predicted molar refractivity (Wildman–Crippen MR) is 205 cm³/mol. The molecule has 6 rings (SSSR count). The number of H-pyrrole nitrogens is 1. The van der Waals surface area contributed by atoms with E-state index in [4.69, 9.17) is 0 Å². The van der Waals surface area contributed by atoms with Gasteiger partial charge in [0, 0.05) is 56.5 Å². The number of aryl methyl sites for hydroxylation is 1. The summed E-state index contributed by atoms with van der Waals surface area (Å²) in [4.78, 5) is 63.8. The Morgan fingerprint density at radius 3 is 2.26 bits per heavy atom. The number of nitrogens with zero attached hydrogens (tertiary/aromatic N) is 5. The van der Waals surface area contributed by atoms with Gasteiger partial charge in [-0.1, -0.05) is 57.2 Å². The number of nitrogens with one attached hydrogen (secondary N) is 3. The molecule has 4 heterocycles. The Kier molecular flexibility index (Phi) is 11.1.